The molecular formula is C14H10ClFN2OS. The van der Waals surface area contributed by atoms with Crippen LogP contribution in [0.25, 0.3) is 16.7 Å². The number of benzene rings is 2. The van der Waals surface area contributed by atoms with Crippen molar-refractivity contribution in [3.63, 3.8) is 0 Å². The molecule has 0 unspecified atom stereocenters. The molecule has 0 saturated carbocycles. The lowest BCUT2D eigenvalue weighted by Crippen LogP contribution is -1.98. The maximum absolute atomic E-state index is 13.7. The van der Waals surface area contributed by atoms with Crippen LogP contribution in [-0.4, -0.2) is 16.7 Å². The first-order valence-electron chi connectivity index (χ1n) is 5.85. The number of hydrogen-bond donors (Lipinski definition) is 1. The molecular weight excluding hydrogens is 299 g/mol. The van der Waals surface area contributed by atoms with E-state index in [-0.39, 0.29) is 5.02 Å². The average molecular weight is 309 g/mol. The standard InChI is InChI=1S/C14H10ClFN2OS/c1-19-13-5-3-2-4-11(13)18-12-7-9(16)8(15)6-10(12)17-14(18)20/h2-7H,1H3,(H,17,20). The van der Waals surface area contributed by atoms with Gasteiger partial charge in [-0.05, 0) is 30.4 Å². The highest BCUT2D eigenvalue weighted by Gasteiger charge is 2.13. The number of imidazole rings is 1. The second kappa shape index (κ2) is 4.92. The van der Waals surface area contributed by atoms with Crippen molar-refractivity contribution in [2.75, 3.05) is 7.11 Å². The molecule has 0 aliphatic rings. The van der Waals surface area contributed by atoms with E-state index >= 15 is 0 Å². The summed E-state index contributed by atoms with van der Waals surface area (Å²) in [5.41, 5.74) is 2.03. The van der Waals surface area contributed by atoms with Crippen molar-refractivity contribution in [1.82, 2.24) is 9.55 Å². The van der Waals surface area contributed by atoms with Gasteiger partial charge in [0.1, 0.15) is 11.6 Å². The molecule has 0 aliphatic heterocycles. The summed E-state index contributed by atoms with van der Waals surface area (Å²) < 4.78 is 21.2. The molecule has 3 nitrogen and oxygen atoms in total. The van der Waals surface area contributed by atoms with E-state index in [2.05, 4.69) is 4.98 Å². The van der Waals surface area contributed by atoms with E-state index < -0.39 is 5.82 Å². The number of para-hydroxylation sites is 2. The third-order valence-corrected chi connectivity index (χ3v) is 3.62. The summed E-state index contributed by atoms with van der Waals surface area (Å²) in [6.07, 6.45) is 0. The zero-order valence-corrected chi connectivity index (χ0v) is 12.1. The Morgan fingerprint density at radius 1 is 1.30 bits per heavy atom. The summed E-state index contributed by atoms with van der Waals surface area (Å²) in [6.45, 7) is 0. The summed E-state index contributed by atoms with van der Waals surface area (Å²) in [7, 11) is 1.58. The molecule has 20 heavy (non-hydrogen) atoms. The van der Waals surface area contributed by atoms with Gasteiger partial charge in [-0.1, -0.05) is 23.7 Å². The number of aromatic nitrogens is 2. The second-order valence-corrected chi connectivity index (χ2v) is 5.01. The van der Waals surface area contributed by atoms with Crippen LogP contribution in [0.3, 0.4) is 0 Å². The van der Waals surface area contributed by atoms with E-state index in [0.29, 0.717) is 21.6 Å². The van der Waals surface area contributed by atoms with Crippen molar-refractivity contribution in [2.45, 2.75) is 0 Å². The Labute approximate surface area is 124 Å². The fourth-order valence-electron chi connectivity index (χ4n) is 2.16. The minimum absolute atomic E-state index is 0.0564. The number of H-pyrrole nitrogens is 1. The normalized spacial score (nSPS) is 10.9. The van der Waals surface area contributed by atoms with E-state index in [1.807, 2.05) is 24.3 Å². The Hall–Kier alpha value is -1.85. The Bertz CT molecular complexity index is 856. The second-order valence-electron chi connectivity index (χ2n) is 4.22. The average Bonchev–Trinajstić information content (AvgIpc) is 2.74. The van der Waals surface area contributed by atoms with Crippen molar-refractivity contribution in [3.05, 3.63) is 52.0 Å². The Kier molecular flexibility index (Phi) is 3.23. The van der Waals surface area contributed by atoms with Gasteiger partial charge in [-0.3, -0.25) is 4.57 Å². The number of aromatic amines is 1. The molecule has 6 heteroatoms. The number of rotatable bonds is 2. The monoisotopic (exact) mass is 308 g/mol. The van der Waals surface area contributed by atoms with Crippen LogP contribution in [0.4, 0.5) is 4.39 Å². The van der Waals surface area contributed by atoms with Crippen LogP contribution in [-0.2, 0) is 0 Å². The van der Waals surface area contributed by atoms with Gasteiger partial charge in [0.15, 0.2) is 4.77 Å². The highest BCUT2D eigenvalue weighted by molar-refractivity contribution is 7.71. The zero-order chi connectivity index (χ0) is 14.3. The molecule has 1 N–H and O–H groups in total. The van der Waals surface area contributed by atoms with E-state index in [1.54, 1.807) is 11.7 Å². The smallest absolute Gasteiger partial charge is 0.182 e. The summed E-state index contributed by atoms with van der Waals surface area (Å²) in [4.78, 5) is 3.02. The van der Waals surface area contributed by atoms with Gasteiger partial charge in [0.25, 0.3) is 0 Å². The number of nitrogens with zero attached hydrogens (tertiary/aromatic N) is 1. The molecule has 3 rings (SSSR count). The Balaban J connectivity index is 2.39. The fraction of sp³-hybridized carbons (Fsp3) is 0.0714. The topological polar surface area (TPSA) is 29.9 Å². The summed E-state index contributed by atoms with van der Waals surface area (Å²) >= 11 is 11.1. The van der Waals surface area contributed by atoms with Gasteiger partial charge < -0.3 is 9.72 Å². The summed E-state index contributed by atoms with van der Waals surface area (Å²) in [5, 5.41) is 0.0564. The van der Waals surface area contributed by atoms with E-state index in [1.165, 1.54) is 12.1 Å². The van der Waals surface area contributed by atoms with Crippen LogP contribution in [0, 0.1) is 10.6 Å². The molecule has 0 atom stereocenters. The van der Waals surface area contributed by atoms with Crippen molar-refractivity contribution in [2.24, 2.45) is 0 Å². The number of hydrogen-bond acceptors (Lipinski definition) is 2. The fourth-order valence-corrected chi connectivity index (χ4v) is 2.63. The van der Waals surface area contributed by atoms with Crippen LogP contribution in [0.5, 0.6) is 5.75 Å². The lowest BCUT2D eigenvalue weighted by Gasteiger charge is -2.10. The third kappa shape index (κ3) is 1.99. The van der Waals surface area contributed by atoms with Crippen LogP contribution < -0.4 is 4.74 Å². The molecule has 1 aromatic heterocycles. The first-order valence-corrected chi connectivity index (χ1v) is 6.63. The minimum atomic E-state index is -0.489. The first-order chi connectivity index (χ1) is 9.61. The van der Waals surface area contributed by atoms with Crippen LogP contribution in [0.2, 0.25) is 5.02 Å². The SMILES string of the molecule is COc1ccccc1-n1c(=S)[nH]c2cc(Cl)c(F)cc21. The summed E-state index contributed by atoms with van der Waals surface area (Å²) in [5.74, 6) is 0.164. The maximum atomic E-state index is 13.7. The molecule has 1 heterocycles. The molecule has 0 fully saturated rings. The molecule has 0 spiro atoms. The predicted molar refractivity (Wildman–Crippen MR) is 80.0 cm³/mol. The highest BCUT2D eigenvalue weighted by atomic mass is 35.5. The quantitative estimate of drug-likeness (QED) is 0.707. The number of nitrogens with one attached hydrogen (secondary N) is 1. The molecule has 0 bridgehead atoms. The molecule has 0 amide bonds. The van der Waals surface area contributed by atoms with E-state index in [9.17, 15) is 4.39 Å². The van der Waals surface area contributed by atoms with Gasteiger partial charge in [0.05, 0.1) is 28.9 Å². The molecule has 0 saturated heterocycles. The first kappa shape index (κ1) is 13.1. The van der Waals surface area contributed by atoms with Gasteiger partial charge in [0.2, 0.25) is 0 Å². The molecule has 0 aliphatic carbocycles. The molecule has 0 radical (unpaired) electrons. The lowest BCUT2D eigenvalue weighted by atomic mass is 10.2. The van der Waals surface area contributed by atoms with Crippen LogP contribution >= 0.6 is 23.8 Å². The van der Waals surface area contributed by atoms with Crippen molar-refractivity contribution in [3.8, 4) is 11.4 Å². The maximum Gasteiger partial charge on any atom is 0.182 e. The minimum Gasteiger partial charge on any atom is -0.495 e. The number of fused-ring (bicyclic) bond motifs is 1. The zero-order valence-electron chi connectivity index (χ0n) is 10.5. The molecule has 2 aromatic carbocycles. The number of halogens is 2. The van der Waals surface area contributed by atoms with Gasteiger partial charge in [-0.2, -0.15) is 0 Å². The highest BCUT2D eigenvalue weighted by Crippen LogP contribution is 2.29. The molecule has 102 valence electrons. The van der Waals surface area contributed by atoms with E-state index in [0.717, 1.165) is 5.69 Å². The number of methoxy groups -OCH3 is 1. The Morgan fingerprint density at radius 3 is 2.80 bits per heavy atom. The predicted octanol–water partition coefficient (Wildman–Crippen LogP) is 4.49. The van der Waals surface area contributed by atoms with Gasteiger partial charge in [0, 0.05) is 6.07 Å². The summed E-state index contributed by atoms with van der Waals surface area (Å²) in [6, 6.07) is 10.3. The van der Waals surface area contributed by atoms with Gasteiger partial charge in [-0.25, -0.2) is 4.39 Å². The Morgan fingerprint density at radius 2 is 2.05 bits per heavy atom. The van der Waals surface area contributed by atoms with Crippen LogP contribution in [0.1, 0.15) is 0 Å². The largest absolute Gasteiger partial charge is 0.495 e. The van der Waals surface area contributed by atoms with Crippen LogP contribution in [0.15, 0.2) is 36.4 Å². The van der Waals surface area contributed by atoms with Gasteiger partial charge >= 0.3 is 0 Å². The molecule has 3 aromatic rings. The lowest BCUT2D eigenvalue weighted by molar-refractivity contribution is 0.413. The van der Waals surface area contributed by atoms with E-state index in [4.69, 9.17) is 28.6 Å². The third-order valence-electron chi connectivity index (χ3n) is 3.05. The van der Waals surface area contributed by atoms with Crippen molar-refractivity contribution < 1.29 is 9.13 Å². The number of ether oxygens (including phenoxy) is 1. The van der Waals surface area contributed by atoms with Crippen molar-refractivity contribution in [1.29, 1.82) is 0 Å². The van der Waals surface area contributed by atoms with Crippen molar-refractivity contribution >= 4 is 34.9 Å². The van der Waals surface area contributed by atoms with Gasteiger partial charge in [-0.15, -0.1) is 0 Å².